The number of carbonyl (C=O) groups is 1. The SMILES string of the molecule is C[C@@H]([NH2+]Cc1nc2ccccc2c(=O)n1CC(N)=O)c1ccccc1. The molecule has 6 heteroatoms. The molecule has 1 amide bonds. The van der Waals surface area contributed by atoms with Crippen LogP contribution in [0.3, 0.4) is 0 Å². The Morgan fingerprint density at radius 3 is 2.56 bits per heavy atom. The first-order valence-electron chi connectivity index (χ1n) is 8.21. The number of nitrogens with two attached hydrogens (primary N) is 2. The number of hydrogen-bond acceptors (Lipinski definition) is 3. The van der Waals surface area contributed by atoms with Crippen molar-refractivity contribution in [1.29, 1.82) is 0 Å². The first-order valence-corrected chi connectivity index (χ1v) is 8.21. The van der Waals surface area contributed by atoms with Crippen molar-refractivity contribution in [3.8, 4) is 0 Å². The van der Waals surface area contributed by atoms with Crippen LogP contribution in [0.15, 0.2) is 59.4 Å². The molecule has 0 spiro atoms. The van der Waals surface area contributed by atoms with Gasteiger partial charge in [-0.3, -0.25) is 14.2 Å². The summed E-state index contributed by atoms with van der Waals surface area (Å²) in [4.78, 5) is 28.7. The highest BCUT2D eigenvalue weighted by atomic mass is 16.2. The largest absolute Gasteiger partial charge is 0.368 e. The number of fused-ring (bicyclic) bond motifs is 1. The predicted octanol–water partition coefficient (Wildman–Crippen LogP) is 0.706. The van der Waals surface area contributed by atoms with E-state index in [9.17, 15) is 9.59 Å². The van der Waals surface area contributed by atoms with E-state index < -0.39 is 5.91 Å². The minimum atomic E-state index is -0.559. The van der Waals surface area contributed by atoms with Gasteiger partial charge >= 0.3 is 0 Å². The average Bonchev–Trinajstić information content (AvgIpc) is 2.63. The summed E-state index contributed by atoms with van der Waals surface area (Å²) in [6, 6.07) is 17.4. The summed E-state index contributed by atoms with van der Waals surface area (Å²) in [5, 5.41) is 2.58. The fraction of sp³-hybridized carbons (Fsp3) is 0.211. The number of benzene rings is 2. The monoisotopic (exact) mass is 337 g/mol. The molecular formula is C19H21N4O2+. The maximum absolute atomic E-state index is 12.7. The normalized spacial score (nSPS) is 12.2. The van der Waals surface area contributed by atoms with Crippen LogP contribution in [0.1, 0.15) is 24.4 Å². The zero-order chi connectivity index (χ0) is 17.8. The molecule has 0 bridgehead atoms. The quantitative estimate of drug-likeness (QED) is 0.693. The van der Waals surface area contributed by atoms with E-state index in [0.717, 1.165) is 0 Å². The number of para-hydroxylation sites is 1. The molecule has 0 aliphatic carbocycles. The number of nitrogens with zero attached hydrogens (tertiary/aromatic N) is 2. The minimum Gasteiger partial charge on any atom is -0.368 e. The molecule has 0 saturated heterocycles. The predicted molar refractivity (Wildman–Crippen MR) is 95.7 cm³/mol. The number of hydrogen-bond donors (Lipinski definition) is 2. The van der Waals surface area contributed by atoms with E-state index >= 15 is 0 Å². The molecule has 0 unspecified atom stereocenters. The lowest BCUT2D eigenvalue weighted by atomic mass is 10.1. The summed E-state index contributed by atoms with van der Waals surface area (Å²) in [6.07, 6.45) is 0. The van der Waals surface area contributed by atoms with E-state index in [2.05, 4.69) is 29.4 Å². The van der Waals surface area contributed by atoms with Crippen molar-refractivity contribution in [3.05, 3.63) is 76.3 Å². The van der Waals surface area contributed by atoms with E-state index in [-0.39, 0.29) is 18.1 Å². The van der Waals surface area contributed by atoms with Gasteiger partial charge in [-0.1, -0.05) is 42.5 Å². The molecule has 0 radical (unpaired) electrons. The Kier molecular flexibility index (Phi) is 4.90. The maximum Gasteiger partial charge on any atom is 0.262 e. The van der Waals surface area contributed by atoms with Gasteiger partial charge in [0.1, 0.15) is 19.1 Å². The fourth-order valence-corrected chi connectivity index (χ4v) is 2.86. The second kappa shape index (κ2) is 7.27. The van der Waals surface area contributed by atoms with Crippen molar-refractivity contribution in [3.63, 3.8) is 0 Å². The van der Waals surface area contributed by atoms with Crippen LogP contribution in [0.2, 0.25) is 0 Å². The number of aromatic nitrogens is 2. The summed E-state index contributed by atoms with van der Waals surface area (Å²) in [6.45, 7) is 2.40. The van der Waals surface area contributed by atoms with Crippen molar-refractivity contribution in [2.75, 3.05) is 0 Å². The first-order chi connectivity index (χ1) is 12.1. The van der Waals surface area contributed by atoms with Crippen LogP contribution < -0.4 is 16.6 Å². The van der Waals surface area contributed by atoms with Crippen LogP contribution >= 0.6 is 0 Å². The van der Waals surface area contributed by atoms with E-state index in [1.165, 1.54) is 10.1 Å². The summed E-state index contributed by atoms with van der Waals surface area (Å²) in [5.74, 6) is -0.0122. The standard InChI is InChI=1S/C19H20N4O2/c1-13(14-7-3-2-4-8-14)21-11-18-22-16-10-6-5-9-15(16)19(25)23(18)12-17(20)24/h2-10,13,21H,11-12H2,1H3,(H2,20,24)/p+1/t13-/m1/s1. The molecular weight excluding hydrogens is 316 g/mol. The third-order valence-corrected chi connectivity index (χ3v) is 4.23. The molecule has 0 aliphatic heterocycles. The molecule has 0 saturated carbocycles. The number of rotatable bonds is 6. The summed E-state index contributed by atoms with van der Waals surface area (Å²) >= 11 is 0. The topological polar surface area (TPSA) is 94.6 Å². The van der Waals surface area contributed by atoms with Crippen LogP contribution in [-0.4, -0.2) is 15.5 Å². The molecule has 1 heterocycles. The second-order valence-electron chi connectivity index (χ2n) is 6.04. The van der Waals surface area contributed by atoms with Crippen LogP contribution in [0.4, 0.5) is 0 Å². The summed E-state index contributed by atoms with van der Waals surface area (Å²) in [5.41, 5.74) is 6.90. The minimum absolute atomic E-state index is 0.167. The van der Waals surface area contributed by atoms with Gasteiger partial charge in [-0.15, -0.1) is 0 Å². The molecule has 3 rings (SSSR count). The van der Waals surface area contributed by atoms with Gasteiger partial charge in [0.05, 0.1) is 10.9 Å². The van der Waals surface area contributed by atoms with Gasteiger partial charge in [-0.05, 0) is 19.1 Å². The van der Waals surface area contributed by atoms with Gasteiger partial charge in [0, 0.05) is 5.56 Å². The summed E-state index contributed by atoms with van der Waals surface area (Å²) < 4.78 is 1.37. The number of primary amides is 1. The lowest BCUT2D eigenvalue weighted by Gasteiger charge is -2.14. The Bertz CT molecular complexity index is 951. The van der Waals surface area contributed by atoms with E-state index in [1.54, 1.807) is 18.2 Å². The van der Waals surface area contributed by atoms with Gasteiger partial charge in [0.15, 0.2) is 5.82 Å². The van der Waals surface area contributed by atoms with Crippen molar-refractivity contribution >= 4 is 16.8 Å². The molecule has 128 valence electrons. The molecule has 3 aromatic rings. The molecule has 2 aromatic carbocycles. The zero-order valence-electron chi connectivity index (χ0n) is 14.1. The van der Waals surface area contributed by atoms with E-state index in [0.29, 0.717) is 23.3 Å². The van der Waals surface area contributed by atoms with E-state index in [1.807, 2.05) is 24.3 Å². The first kappa shape index (κ1) is 16.9. The Hall–Kier alpha value is -2.99. The summed E-state index contributed by atoms with van der Waals surface area (Å²) in [7, 11) is 0. The van der Waals surface area contributed by atoms with Crippen LogP contribution in [0.5, 0.6) is 0 Å². The Morgan fingerprint density at radius 2 is 1.84 bits per heavy atom. The molecule has 4 N–H and O–H groups in total. The number of amides is 1. The molecule has 1 atom stereocenters. The smallest absolute Gasteiger partial charge is 0.262 e. The number of quaternary nitrogens is 1. The fourth-order valence-electron chi connectivity index (χ4n) is 2.86. The highest BCUT2D eigenvalue weighted by Crippen LogP contribution is 2.09. The highest BCUT2D eigenvalue weighted by molar-refractivity contribution is 5.78. The Morgan fingerprint density at radius 1 is 1.16 bits per heavy atom. The van der Waals surface area contributed by atoms with Crippen molar-refractivity contribution in [2.45, 2.75) is 26.1 Å². The van der Waals surface area contributed by atoms with Crippen molar-refractivity contribution < 1.29 is 10.1 Å². The van der Waals surface area contributed by atoms with Gasteiger partial charge in [-0.25, -0.2) is 4.98 Å². The average molecular weight is 337 g/mol. The second-order valence-corrected chi connectivity index (χ2v) is 6.04. The number of carbonyl (C=O) groups excluding carboxylic acids is 1. The van der Waals surface area contributed by atoms with Gasteiger partial charge in [0.25, 0.3) is 5.56 Å². The lowest BCUT2D eigenvalue weighted by molar-refractivity contribution is -0.709. The van der Waals surface area contributed by atoms with Gasteiger partial charge in [-0.2, -0.15) is 0 Å². The third kappa shape index (κ3) is 3.75. The molecule has 1 aromatic heterocycles. The Balaban J connectivity index is 1.94. The molecule has 0 fully saturated rings. The Labute approximate surface area is 145 Å². The molecule has 0 aliphatic rings. The lowest BCUT2D eigenvalue weighted by Crippen LogP contribution is -2.83. The van der Waals surface area contributed by atoms with Gasteiger partial charge in [0.2, 0.25) is 5.91 Å². The van der Waals surface area contributed by atoms with Crippen molar-refractivity contribution in [1.82, 2.24) is 9.55 Å². The van der Waals surface area contributed by atoms with E-state index in [4.69, 9.17) is 5.73 Å². The van der Waals surface area contributed by atoms with Crippen LogP contribution in [0.25, 0.3) is 10.9 Å². The molecule has 6 nitrogen and oxygen atoms in total. The van der Waals surface area contributed by atoms with Crippen molar-refractivity contribution in [2.24, 2.45) is 5.73 Å². The highest BCUT2D eigenvalue weighted by Gasteiger charge is 2.15. The molecule has 25 heavy (non-hydrogen) atoms. The zero-order valence-corrected chi connectivity index (χ0v) is 14.1. The maximum atomic E-state index is 12.7. The third-order valence-electron chi connectivity index (χ3n) is 4.23. The van der Waals surface area contributed by atoms with Crippen LogP contribution in [0, 0.1) is 0 Å². The van der Waals surface area contributed by atoms with Crippen LogP contribution in [-0.2, 0) is 17.9 Å². The van der Waals surface area contributed by atoms with Gasteiger partial charge < -0.3 is 11.1 Å².